The molecule has 1 aliphatic heterocycles. The van der Waals surface area contributed by atoms with Crippen molar-refractivity contribution in [3.05, 3.63) is 47.0 Å². The quantitative estimate of drug-likeness (QED) is 0.835. The predicted octanol–water partition coefficient (Wildman–Crippen LogP) is 1.93. The summed E-state index contributed by atoms with van der Waals surface area (Å²) in [6, 6.07) is 3.69. The molecule has 1 atom stereocenters. The van der Waals surface area contributed by atoms with Gasteiger partial charge in [-0.25, -0.2) is 22.8 Å². The second-order valence-electron chi connectivity index (χ2n) is 5.62. The predicted molar refractivity (Wildman–Crippen MR) is 91.2 cm³/mol. The van der Waals surface area contributed by atoms with Crippen molar-refractivity contribution in [3.8, 4) is 0 Å². The molecule has 1 aliphatic rings. The zero-order valence-electron chi connectivity index (χ0n) is 12.9. The van der Waals surface area contributed by atoms with Gasteiger partial charge < -0.3 is 10.6 Å². The number of nitrogens with zero attached hydrogens (tertiary/aromatic N) is 2. The summed E-state index contributed by atoms with van der Waals surface area (Å²) in [4.78, 5) is 20.1. The van der Waals surface area contributed by atoms with Gasteiger partial charge in [-0.15, -0.1) is 0 Å². The van der Waals surface area contributed by atoms with E-state index in [1.807, 2.05) is 0 Å². The third-order valence-electron chi connectivity index (χ3n) is 3.66. The molecular weight excluding hydrogens is 371 g/mol. The third-order valence-corrected chi connectivity index (χ3v) is 5.72. The minimum Gasteiger partial charge on any atom is -0.348 e. The first-order chi connectivity index (χ1) is 11.8. The Morgan fingerprint density at radius 3 is 2.60 bits per heavy atom. The van der Waals surface area contributed by atoms with Gasteiger partial charge in [0.15, 0.2) is 9.84 Å². The first kappa shape index (κ1) is 17.6. The van der Waals surface area contributed by atoms with Gasteiger partial charge in [0.2, 0.25) is 5.95 Å². The lowest BCUT2D eigenvalue weighted by atomic mass is 10.2. The average molecular weight is 385 g/mol. The molecule has 1 amide bonds. The highest BCUT2D eigenvalue weighted by molar-refractivity contribution is 7.91. The van der Waals surface area contributed by atoms with E-state index in [4.69, 9.17) is 11.6 Å². The second-order valence-corrected chi connectivity index (χ2v) is 8.26. The van der Waals surface area contributed by atoms with Crippen molar-refractivity contribution in [2.45, 2.75) is 12.5 Å². The van der Waals surface area contributed by atoms with Crippen LogP contribution in [0.5, 0.6) is 0 Å². The molecule has 25 heavy (non-hydrogen) atoms. The van der Waals surface area contributed by atoms with Crippen molar-refractivity contribution in [2.75, 3.05) is 16.8 Å². The number of benzene rings is 1. The van der Waals surface area contributed by atoms with Crippen LogP contribution in [0.15, 0.2) is 30.6 Å². The van der Waals surface area contributed by atoms with Crippen LogP contribution in [0.1, 0.15) is 16.8 Å². The minimum absolute atomic E-state index is 0.0347. The molecule has 0 saturated carbocycles. The summed E-state index contributed by atoms with van der Waals surface area (Å²) in [7, 11) is -3.06. The molecule has 3 rings (SSSR count). The zero-order valence-corrected chi connectivity index (χ0v) is 14.4. The number of rotatable bonds is 4. The lowest BCUT2D eigenvalue weighted by Crippen LogP contribution is -2.35. The summed E-state index contributed by atoms with van der Waals surface area (Å²) in [6.07, 6.45) is 3.04. The van der Waals surface area contributed by atoms with E-state index < -0.39 is 27.6 Å². The number of carbonyl (C=O) groups excluding carboxylic acids is 1. The number of hydrogen-bond donors (Lipinski definition) is 2. The highest BCUT2D eigenvalue weighted by atomic mass is 35.5. The van der Waals surface area contributed by atoms with Crippen LogP contribution in [0.3, 0.4) is 0 Å². The molecular formula is C15H14ClFN4O3S. The minimum atomic E-state index is -3.06. The first-order valence-corrected chi connectivity index (χ1v) is 9.58. The van der Waals surface area contributed by atoms with Gasteiger partial charge >= 0.3 is 0 Å². The lowest BCUT2D eigenvalue weighted by molar-refractivity contribution is 0.0940. The Morgan fingerprint density at radius 1 is 1.28 bits per heavy atom. The molecule has 1 aromatic carbocycles. The Bertz CT molecular complexity index is 905. The Hall–Kier alpha value is -2.26. The number of carbonyl (C=O) groups is 1. The topological polar surface area (TPSA) is 101 Å². The van der Waals surface area contributed by atoms with Crippen LogP contribution >= 0.6 is 11.6 Å². The highest BCUT2D eigenvalue weighted by Gasteiger charge is 2.29. The smallest absolute Gasteiger partial charge is 0.254 e. The summed E-state index contributed by atoms with van der Waals surface area (Å²) < 4.78 is 35.9. The first-order valence-electron chi connectivity index (χ1n) is 7.38. The number of hydrogen-bond acceptors (Lipinski definition) is 6. The largest absolute Gasteiger partial charge is 0.348 e. The summed E-state index contributed by atoms with van der Waals surface area (Å²) in [6.45, 7) is 0. The van der Waals surface area contributed by atoms with E-state index in [1.54, 1.807) is 0 Å². The number of sulfone groups is 1. The molecule has 0 spiro atoms. The van der Waals surface area contributed by atoms with Crippen LogP contribution in [0.2, 0.25) is 5.02 Å². The molecule has 0 radical (unpaired) electrons. The maximum atomic E-state index is 13.1. The summed E-state index contributed by atoms with van der Waals surface area (Å²) in [5.41, 5.74) is 0.715. The fourth-order valence-electron chi connectivity index (χ4n) is 2.39. The number of anilines is 2. The van der Waals surface area contributed by atoms with Gasteiger partial charge in [-0.1, -0.05) is 11.6 Å². The third kappa shape index (κ3) is 4.43. The summed E-state index contributed by atoms with van der Waals surface area (Å²) >= 11 is 5.70. The second kappa shape index (κ2) is 6.93. The fourth-order valence-corrected chi connectivity index (χ4v) is 4.24. The van der Waals surface area contributed by atoms with E-state index in [0.717, 1.165) is 0 Å². The molecule has 0 aliphatic carbocycles. The zero-order chi connectivity index (χ0) is 18.0. The van der Waals surface area contributed by atoms with E-state index >= 15 is 0 Å². The standard InChI is InChI=1S/C15H14ClFN4O3S/c16-12-5-10(1-2-13(12)17)21-15-18-6-9(7-19-15)14(22)20-11-3-4-25(23,24)8-11/h1-2,5-7,11H,3-4,8H2,(H,20,22)(H,18,19,21). The average Bonchev–Trinajstić information content (AvgIpc) is 2.90. The van der Waals surface area contributed by atoms with Crippen molar-refractivity contribution < 1.29 is 17.6 Å². The van der Waals surface area contributed by atoms with Crippen LogP contribution < -0.4 is 10.6 Å². The number of halogens is 2. The Labute approximate surface area is 148 Å². The molecule has 1 unspecified atom stereocenters. The van der Waals surface area contributed by atoms with E-state index in [9.17, 15) is 17.6 Å². The molecule has 10 heteroatoms. The molecule has 132 valence electrons. The van der Waals surface area contributed by atoms with Gasteiger partial charge in [-0.05, 0) is 24.6 Å². The molecule has 1 aromatic heterocycles. The molecule has 2 heterocycles. The summed E-state index contributed by atoms with van der Waals surface area (Å²) in [5, 5.41) is 5.46. The normalized spacial score (nSPS) is 18.7. The van der Waals surface area contributed by atoms with E-state index in [1.165, 1.54) is 30.6 Å². The van der Waals surface area contributed by atoms with Gasteiger partial charge in [-0.3, -0.25) is 4.79 Å². The van der Waals surface area contributed by atoms with Gasteiger partial charge in [0.1, 0.15) is 5.82 Å². The fraction of sp³-hybridized carbons (Fsp3) is 0.267. The van der Waals surface area contributed by atoms with Crippen LogP contribution in [0, 0.1) is 5.82 Å². The van der Waals surface area contributed by atoms with E-state index in [-0.39, 0.29) is 28.0 Å². The molecule has 2 N–H and O–H groups in total. The van der Waals surface area contributed by atoms with Crippen LogP contribution in [0.4, 0.5) is 16.0 Å². The maximum absolute atomic E-state index is 13.1. The lowest BCUT2D eigenvalue weighted by Gasteiger charge is -2.11. The van der Waals surface area contributed by atoms with Crippen molar-refractivity contribution >= 4 is 39.0 Å². The van der Waals surface area contributed by atoms with Gasteiger partial charge in [0, 0.05) is 24.1 Å². The molecule has 1 saturated heterocycles. The Balaban J connectivity index is 1.63. The highest BCUT2D eigenvalue weighted by Crippen LogP contribution is 2.21. The van der Waals surface area contributed by atoms with Crippen molar-refractivity contribution in [2.24, 2.45) is 0 Å². The van der Waals surface area contributed by atoms with E-state index in [2.05, 4.69) is 20.6 Å². The molecule has 7 nitrogen and oxygen atoms in total. The van der Waals surface area contributed by atoms with Crippen molar-refractivity contribution in [1.29, 1.82) is 0 Å². The van der Waals surface area contributed by atoms with E-state index in [0.29, 0.717) is 12.1 Å². The summed E-state index contributed by atoms with van der Waals surface area (Å²) in [5.74, 6) is -0.725. The van der Waals surface area contributed by atoms with Gasteiger partial charge in [0.05, 0.1) is 22.1 Å². The molecule has 1 fully saturated rings. The van der Waals surface area contributed by atoms with Crippen LogP contribution in [0.25, 0.3) is 0 Å². The molecule has 0 bridgehead atoms. The Morgan fingerprint density at radius 2 is 2.00 bits per heavy atom. The Kier molecular flexibility index (Phi) is 4.87. The SMILES string of the molecule is O=C(NC1CCS(=O)(=O)C1)c1cnc(Nc2ccc(F)c(Cl)c2)nc1. The molecule has 2 aromatic rings. The van der Waals surface area contributed by atoms with Gasteiger partial charge in [-0.2, -0.15) is 0 Å². The maximum Gasteiger partial charge on any atom is 0.254 e. The number of aromatic nitrogens is 2. The van der Waals surface area contributed by atoms with Gasteiger partial charge in [0.25, 0.3) is 5.91 Å². The van der Waals surface area contributed by atoms with Crippen molar-refractivity contribution in [3.63, 3.8) is 0 Å². The van der Waals surface area contributed by atoms with Crippen LogP contribution in [-0.4, -0.2) is 41.8 Å². The number of nitrogens with one attached hydrogen (secondary N) is 2. The number of amides is 1. The van der Waals surface area contributed by atoms with Crippen molar-refractivity contribution in [1.82, 2.24) is 15.3 Å². The monoisotopic (exact) mass is 384 g/mol. The van der Waals surface area contributed by atoms with Crippen LogP contribution in [-0.2, 0) is 9.84 Å².